The first-order valence-electron chi connectivity index (χ1n) is 7.77. The maximum absolute atomic E-state index is 5.31. The molecule has 1 heterocycles. The quantitative estimate of drug-likeness (QED) is 0.328. The van der Waals surface area contributed by atoms with Crippen LogP contribution in [0.25, 0.3) is 43.8 Å². The van der Waals surface area contributed by atoms with E-state index in [-0.39, 0.29) is 0 Å². The summed E-state index contributed by atoms with van der Waals surface area (Å²) in [4.78, 5) is 0. The molecule has 0 saturated carbocycles. The fourth-order valence-corrected chi connectivity index (χ4v) is 3.54. The Balaban J connectivity index is 1.99. The van der Waals surface area contributed by atoms with E-state index < -0.39 is 0 Å². The van der Waals surface area contributed by atoms with E-state index in [1.807, 2.05) is 6.26 Å². The van der Waals surface area contributed by atoms with Gasteiger partial charge in [-0.25, -0.2) is 0 Å². The van der Waals surface area contributed by atoms with Crippen LogP contribution in [0.5, 0.6) is 0 Å². The maximum atomic E-state index is 5.31. The van der Waals surface area contributed by atoms with Crippen LogP contribution in [-0.2, 0) is 0 Å². The lowest BCUT2D eigenvalue weighted by molar-refractivity contribution is 0.552. The van der Waals surface area contributed by atoms with Crippen LogP contribution in [-0.4, -0.2) is 0 Å². The lowest BCUT2D eigenvalue weighted by atomic mass is 9.91. The average molecular weight is 294 g/mol. The van der Waals surface area contributed by atoms with Gasteiger partial charge < -0.3 is 4.42 Å². The van der Waals surface area contributed by atoms with Crippen molar-refractivity contribution in [3.8, 4) is 22.3 Å². The molecule has 0 fully saturated rings. The van der Waals surface area contributed by atoms with Gasteiger partial charge in [0.15, 0.2) is 0 Å². The van der Waals surface area contributed by atoms with E-state index in [0.29, 0.717) is 0 Å². The van der Waals surface area contributed by atoms with E-state index in [2.05, 4.69) is 72.8 Å². The van der Waals surface area contributed by atoms with Crippen molar-refractivity contribution in [2.24, 2.45) is 0 Å². The Morgan fingerprint density at radius 3 is 2.04 bits per heavy atom. The second-order valence-corrected chi connectivity index (χ2v) is 5.87. The Bertz CT molecular complexity index is 1060. The van der Waals surface area contributed by atoms with Gasteiger partial charge in [-0.1, -0.05) is 60.7 Å². The van der Waals surface area contributed by atoms with Crippen LogP contribution in [0.4, 0.5) is 0 Å². The summed E-state index contributed by atoms with van der Waals surface area (Å²) in [6.07, 6.45) is 3.56. The van der Waals surface area contributed by atoms with Crippen molar-refractivity contribution in [1.29, 1.82) is 0 Å². The van der Waals surface area contributed by atoms with Crippen molar-refractivity contribution in [3.05, 3.63) is 85.3 Å². The van der Waals surface area contributed by atoms with Gasteiger partial charge in [-0.3, -0.25) is 0 Å². The first kappa shape index (κ1) is 12.5. The van der Waals surface area contributed by atoms with Crippen molar-refractivity contribution in [3.63, 3.8) is 0 Å². The molecular weight excluding hydrogens is 280 g/mol. The highest BCUT2D eigenvalue weighted by molar-refractivity contribution is 6.14. The summed E-state index contributed by atoms with van der Waals surface area (Å²) in [5.41, 5.74) is 4.95. The predicted octanol–water partition coefficient (Wildman–Crippen LogP) is 6.36. The van der Waals surface area contributed by atoms with Gasteiger partial charge in [-0.2, -0.15) is 0 Å². The highest BCUT2D eigenvalue weighted by atomic mass is 16.3. The zero-order valence-electron chi connectivity index (χ0n) is 12.5. The van der Waals surface area contributed by atoms with Gasteiger partial charge in [0.1, 0.15) is 0 Å². The first-order chi connectivity index (χ1) is 11.4. The molecular formula is C22H14O. The number of hydrogen-bond acceptors (Lipinski definition) is 1. The van der Waals surface area contributed by atoms with Gasteiger partial charge in [0.05, 0.1) is 12.5 Å². The highest BCUT2D eigenvalue weighted by Crippen LogP contribution is 2.42. The molecule has 0 aromatic heterocycles. The highest BCUT2D eigenvalue weighted by Gasteiger charge is 2.16. The number of benzene rings is 3. The number of fused-ring (bicyclic) bond motifs is 3. The Labute approximate surface area is 134 Å². The van der Waals surface area contributed by atoms with Crippen LogP contribution in [0, 0.1) is 0 Å². The van der Waals surface area contributed by atoms with Gasteiger partial charge >= 0.3 is 0 Å². The zero-order chi connectivity index (χ0) is 15.2. The smallest absolute Gasteiger partial charge is 0.0980 e. The Morgan fingerprint density at radius 2 is 1.30 bits per heavy atom. The fourth-order valence-electron chi connectivity index (χ4n) is 3.54. The molecule has 0 bridgehead atoms. The molecule has 3 aromatic rings. The van der Waals surface area contributed by atoms with Crippen molar-refractivity contribution in [1.82, 2.24) is 0 Å². The molecule has 1 nitrogen and oxygen atoms in total. The minimum atomic E-state index is 1.14. The Hall–Kier alpha value is -3.06. The van der Waals surface area contributed by atoms with Crippen LogP contribution in [0.3, 0.4) is 0 Å². The van der Waals surface area contributed by atoms with E-state index in [1.54, 1.807) is 6.26 Å². The molecule has 0 atom stereocenters. The summed E-state index contributed by atoms with van der Waals surface area (Å²) in [6, 6.07) is 25.9. The Kier molecular flexibility index (Phi) is 2.56. The summed E-state index contributed by atoms with van der Waals surface area (Å²) < 4.78 is 5.31. The summed E-state index contributed by atoms with van der Waals surface area (Å²) in [5.74, 6) is 0. The molecule has 108 valence electrons. The minimum absolute atomic E-state index is 1.14. The molecule has 2 aliphatic rings. The molecule has 5 rings (SSSR count). The second kappa shape index (κ2) is 4.72. The van der Waals surface area contributed by atoms with Crippen molar-refractivity contribution < 1.29 is 4.42 Å². The largest absolute Gasteiger partial charge is 0.472 e. The summed E-state index contributed by atoms with van der Waals surface area (Å²) >= 11 is 0. The van der Waals surface area contributed by atoms with Gasteiger partial charge in [0, 0.05) is 5.56 Å². The number of hydrogen-bond donors (Lipinski definition) is 0. The molecule has 23 heavy (non-hydrogen) atoms. The molecule has 0 amide bonds. The van der Waals surface area contributed by atoms with Gasteiger partial charge in [0.25, 0.3) is 0 Å². The standard InChI is InChI=1S/C22H14O/c1-3-7-19-15(5-1)13-16-6-2-4-8-20(16)22(19)21-10-9-17-14-23-12-11-18(17)21/h1-14H. The topological polar surface area (TPSA) is 13.1 Å². The summed E-state index contributed by atoms with van der Waals surface area (Å²) in [6.45, 7) is 0. The lowest BCUT2D eigenvalue weighted by Gasteiger charge is -2.12. The zero-order valence-corrected chi connectivity index (χ0v) is 12.5. The van der Waals surface area contributed by atoms with E-state index >= 15 is 0 Å². The molecule has 0 spiro atoms. The molecule has 0 radical (unpaired) electrons. The SMILES string of the molecule is c1ccc2c(-c3ccc4coccc3-4)c3ccccc3cc2c1. The Morgan fingerprint density at radius 1 is 0.609 bits per heavy atom. The molecule has 0 N–H and O–H groups in total. The lowest BCUT2D eigenvalue weighted by Crippen LogP contribution is -1.85. The molecule has 1 heteroatoms. The van der Waals surface area contributed by atoms with E-state index in [1.165, 1.54) is 38.2 Å². The average Bonchev–Trinajstić information content (AvgIpc) is 3.03. The van der Waals surface area contributed by atoms with E-state index in [9.17, 15) is 0 Å². The van der Waals surface area contributed by atoms with E-state index in [0.717, 1.165) is 5.56 Å². The number of rotatable bonds is 1. The molecule has 1 aliphatic heterocycles. The minimum Gasteiger partial charge on any atom is -0.472 e. The van der Waals surface area contributed by atoms with Crippen molar-refractivity contribution in [2.75, 3.05) is 0 Å². The third-order valence-electron chi connectivity index (χ3n) is 4.58. The van der Waals surface area contributed by atoms with Crippen LogP contribution in [0.2, 0.25) is 0 Å². The molecule has 0 saturated heterocycles. The summed E-state index contributed by atoms with van der Waals surface area (Å²) in [5, 5.41) is 5.13. The van der Waals surface area contributed by atoms with Gasteiger partial charge in [-0.15, -0.1) is 0 Å². The van der Waals surface area contributed by atoms with E-state index in [4.69, 9.17) is 4.42 Å². The predicted molar refractivity (Wildman–Crippen MR) is 95.8 cm³/mol. The molecule has 3 aromatic carbocycles. The van der Waals surface area contributed by atoms with Crippen LogP contribution in [0.15, 0.2) is 89.7 Å². The monoisotopic (exact) mass is 294 g/mol. The van der Waals surface area contributed by atoms with Crippen LogP contribution in [0.1, 0.15) is 0 Å². The first-order valence-corrected chi connectivity index (χ1v) is 7.77. The van der Waals surface area contributed by atoms with Crippen molar-refractivity contribution in [2.45, 2.75) is 0 Å². The fraction of sp³-hybridized carbons (Fsp3) is 0. The third kappa shape index (κ3) is 1.80. The van der Waals surface area contributed by atoms with Crippen molar-refractivity contribution >= 4 is 21.5 Å². The summed E-state index contributed by atoms with van der Waals surface area (Å²) in [7, 11) is 0. The van der Waals surface area contributed by atoms with Gasteiger partial charge in [0.2, 0.25) is 0 Å². The molecule has 0 unspecified atom stereocenters. The third-order valence-corrected chi connectivity index (χ3v) is 4.58. The van der Waals surface area contributed by atoms with Crippen LogP contribution < -0.4 is 0 Å². The maximum Gasteiger partial charge on any atom is 0.0980 e. The van der Waals surface area contributed by atoms with Crippen LogP contribution >= 0.6 is 0 Å². The van der Waals surface area contributed by atoms with Gasteiger partial charge in [-0.05, 0) is 50.4 Å². The molecule has 1 aliphatic carbocycles. The normalized spacial score (nSPS) is 11.5. The second-order valence-electron chi connectivity index (χ2n) is 5.87.